The summed E-state index contributed by atoms with van der Waals surface area (Å²) in [6.45, 7) is -0.238. The van der Waals surface area contributed by atoms with E-state index in [9.17, 15) is 13.2 Å². The second-order valence-electron chi connectivity index (χ2n) is 3.34. The lowest BCUT2D eigenvalue weighted by molar-refractivity contribution is -0.202. The minimum atomic E-state index is -4.67. The molecule has 0 rings (SSSR count). The SMILES string of the molecule is CC(O)(CO)CNCC(O)C(F)(F)F. The minimum Gasteiger partial charge on any atom is -0.393 e. The fraction of sp³-hybridized carbons (Fsp3) is 1.00. The topological polar surface area (TPSA) is 72.7 Å². The molecule has 0 bridgehead atoms. The Morgan fingerprint density at radius 1 is 1.36 bits per heavy atom. The van der Waals surface area contributed by atoms with Gasteiger partial charge in [0.25, 0.3) is 0 Å². The molecular formula is C7H14F3NO3. The highest BCUT2D eigenvalue weighted by Crippen LogP contribution is 2.19. The zero-order valence-electron chi connectivity index (χ0n) is 7.67. The maximum atomic E-state index is 11.7. The monoisotopic (exact) mass is 217 g/mol. The molecule has 0 fully saturated rings. The van der Waals surface area contributed by atoms with Crippen LogP contribution in [0.15, 0.2) is 0 Å². The molecule has 0 aromatic heterocycles. The quantitative estimate of drug-likeness (QED) is 0.488. The molecule has 0 saturated carbocycles. The van der Waals surface area contributed by atoms with Crippen LogP contribution in [-0.4, -0.2) is 52.9 Å². The van der Waals surface area contributed by atoms with Gasteiger partial charge in [0, 0.05) is 13.1 Å². The first-order valence-corrected chi connectivity index (χ1v) is 3.98. The van der Waals surface area contributed by atoms with Crippen LogP contribution in [0.1, 0.15) is 6.92 Å². The van der Waals surface area contributed by atoms with Gasteiger partial charge in [0.1, 0.15) is 0 Å². The van der Waals surface area contributed by atoms with Crippen molar-refractivity contribution in [1.82, 2.24) is 5.32 Å². The standard InChI is InChI=1S/C7H14F3NO3/c1-6(14,4-12)3-11-2-5(13)7(8,9)10/h5,11-14H,2-4H2,1H3. The Hall–Kier alpha value is -0.370. The molecule has 0 aliphatic rings. The van der Waals surface area contributed by atoms with Gasteiger partial charge in [0.2, 0.25) is 0 Å². The lowest BCUT2D eigenvalue weighted by Gasteiger charge is -2.22. The van der Waals surface area contributed by atoms with Crippen molar-refractivity contribution in [3.8, 4) is 0 Å². The van der Waals surface area contributed by atoms with Crippen LogP contribution in [0.4, 0.5) is 13.2 Å². The molecular weight excluding hydrogens is 203 g/mol. The number of hydrogen-bond donors (Lipinski definition) is 4. The maximum Gasteiger partial charge on any atom is 0.415 e. The van der Waals surface area contributed by atoms with Crippen molar-refractivity contribution in [2.75, 3.05) is 19.7 Å². The van der Waals surface area contributed by atoms with Gasteiger partial charge in [0.05, 0.1) is 12.2 Å². The molecule has 2 unspecified atom stereocenters. The highest BCUT2D eigenvalue weighted by Gasteiger charge is 2.37. The number of rotatable bonds is 5. The third-order valence-corrected chi connectivity index (χ3v) is 1.56. The number of alkyl halides is 3. The largest absolute Gasteiger partial charge is 0.415 e. The Kier molecular flexibility index (Phi) is 4.79. The van der Waals surface area contributed by atoms with E-state index in [0.29, 0.717) is 0 Å². The summed E-state index contributed by atoms with van der Waals surface area (Å²) in [7, 11) is 0. The van der Waals surface area contributed by atoms with E-state index >= 15 is 0 Å². The van der Waals surface area contributed by atoms with Gasteiger partial charge in [-0.3, -0.25) is 0 Å². The molecule has 2 atom stereocenters. The third-order valence-electron chi connectivity index (χ3n) is 1.56. The molecule has 0 spiro atoms. The van der Waals surface area contributed by atoms with Gasteiger partial charge in [-0.25, -0.2) is 0 Å². The molecule has 0 saturated heterocycles. The average Bonchev–Trinajstić information content (AvgIpc) is 2.02. The summed E-state index contributed by atoms with van der Waals surface area (Å²) in [4.78, 5) is 0. The molecule has 0 aliphatic carbocycles. The zero-order valence-corrected chi connectivity index (χ0v) is 7.67. The predicted octanol–water partition coefficient (Wildman–Crippen LogP) is -0.758. The lowest BCUT2D eigenvalue weighted by Crippen LogP contribution is -2.46. The van der Waals surface area contributed by atoms with Gasteiger partial charge in [-0.2, -0.15) is 13.2 Å². The molecule has 0 amide bonds. The van der Waals surface area contributed by atoms with E-state index in [1.807, 2.05) is 0 Å². The molecule has 14 heavy (non-hydrogen) atoms. The molecule has 4 N–H and O–H groups in total. The van der Waals surface area contributed by atoms with Crippen LogP contribution in [-0.2, 0) is 0 Å². The van der Waals surface area contributed by atoms with Crippen LogP contribution >= 0.6 is 0 Å². The minimum absolute atomic E-state index is 0.226. The highest BCUT2D eigenvalue weighted by molar-refractivity contribution is 4.76. The van der Waals surface area contributed by atoms with Crippen molar-refractivity contribution >= 4 is 0 Å². The zero-order chi connectivity index (χ0) is 11.4. The first-order valence-electron chi connectivity index (χ1n) is 3.98. The highest BCUT2D eigenvalue weighted by atomic mass is 19.4. The lowest BCUT2D eigenvalue weighted by atomic mass is 10.1. The summed E-state index contributed by atoms with van der Waals surface area (Å²) in [5, 5.41) is 28.4. The normalized spacial score (nSPS) is 19.1. The maximum absolute atomic E-state index is 11.7. The van der Waals surface area contributed by atoms with Gasteiger partial charge in [-0.1, -0.05) is 0 Å². The molecule has 0 heterocycles. The van der Waals surface area contributed by atoms with Crippen molar-refractivity contribution in [2.45, 2.75) is 24.8 Å². The Balaban J connectivity index is 3.75. The molecule has 0 aromatic rings. The Morgan fingerprint density at radius 2 is 1.86 bits per heavy atom. The van der Waals surface area contributed by atoms with E-state index in [1.165, 1.54) is 6.92 Å². The van der Waals surface area contributed by atoms with Crippen LogP contribution in [0.2, 0.25) is 0 Å². The molecule has 0 aliphatic heterocycles. The van der Waals surface area contributed by atoms with Crippen molar-refractivity contribution < 1.29 is 28.5 Å². The van der Waals surface area contributed by atoms with E-state index in [2.05, 4.69) is 5.32 Å². The number of aliphatic hydroxyl groups is 3. The summed E-state index contributed by atoms with van der Waals surface area (Å²) in [6, 6.07) is 0. The second-order valence-corrected chi connectivity index (χ2v) is 3.34. The van der Waals surface area contributed by atoms with E-state index < -0.39 is 31.0 Å². The number of nitrogens with one attached hydrogen (secondary N) is 1. The van der Waals surface area contributed by atoms with Crippen LogP contribution in [0.5, 0.6) is 0 Å². The number of halogens is 3. The first-order chi connectivity index (χ1) is 6.19. The van der Waals surface area contributed by atoms with Crippen LogP contribution in [0.3, 0.4) is 0 Å². The van der Waals surface area contributed by atoms with Crippen molar-refractivity contribution in [1.29, 1.82) is 0 Å². The second kappa shape index (κ2) is 4.92. The predicted molar refractivity (Wildman–Crippen MR) is 42.6 cm³/mol. The summed E-state index contributed by atoms with van der Waals surface area (Å²) in [5.41, 5.74) is -1.48. The molecule has 86 valence electrons. The van der Waals surface area contributed by atoms with E-state index in [0.717, 1.165) is 0 Å². The summed E-state index contributed by atoms with van der Waals surface area (Å²) >= 11 is 0. The number of hydrogen-bond acceptors (Lipinski definition) is 4. The summed E-state index contributed by atoms with van der Waals surface area (Å²) in [5.74, 6) is 0. The smallest absolute Gasteiger partial charge is 0.393 e. The average molecular weight is 217 g/mol. The third kappa shape index (κ3) is 5.38. The van der Waals surface area contributed by atoms with Gasteiger partial charge in [0.15, 0.2) is 6.10 Å². The van der Waals surface area contributed by atoms with Gasteiger partial charge in [-0.05, 0) is 6.92 Å². The van der Waals surface area contributed by atoms with Crippen LogP contribution in [0, 0.1) is 0 Å². The van der Waals surface area contributed by atoms with Crippen molar-refractivity contribution in [3.63, 3.8) is 0 Å². The van der Waals surface area contributed by atoms with Gasteiger partial charge in [-0.15, -0.1) is 0 Å². The molecule has 4 nitrogen and oxygen atoms in total. The molecule has 0 radical (unpaired) electrons. The fourth-order valence-electron chi connectivity index (χ4n) is 0.650. The molecule has 7 heteroatoms. The first kappa shape index (κ1) is 13.6. The Morgan fingerprint density at radius 3 is 2.21 bits per heavy atom. The Labute approximate surface area is 79.4 Å². The van der Waals surface area contributed by atoms with Crippen molar-refractivity contribution in [2.24, 2.45) is 0 Å². The Bertz CT molecular complexity index is 172. The van der Waals surface area contributed by atoms with E-state index in [-0.39, 0.29) is 6.54 Å². The summed E-state index contributed by atoms with van der Waals surface area (Å²) in [6.07, 6.45) is -7.13. The molecule has 0 aromatic carbocycles. The fourth-order valence-corrected chi connectivity index (χ4v) is 0.650. The van der Waals surface area contributed by atoms with Gasteiger partial charge < -0.3 is 20.6 Å². The van der Waals surface area contributed by atoms with E-state index in [1.54, 1.807) is 0 Å². The van der Waals surface area contributed by atoms with Crippen LogP contribution in [0.25, 0.3) is 0 Å². The number of aliphatic hydroxyl groups excluding tert-OH is 2. The van der Waals surface area contributed by atoms with Crippen molar-refractivity contribution in [3.05, 3.63) is 0 Å². The van der Waals surface area contributed by atoms with Gasteiger partial charge >= 0.3 is 6.18 Å². The summed E-state index contributed by atoms with van der Waals surface area (Å²) < 4.78 is 35.2. The van der Waals surface area contributed by atoms with Crippen LogP contribution < -0.4 is 5.32 Å². The van der Waals surface area contributed by atoms with E-state index in [4.69, 9.17) is 15.3 Å².